The Hall–Kier alpha value is -0.760. The number of aromatic nitrogens is 2. The predicted molar refractivity (Wildman–Crippen MR) is 94.4 cm³/mol. The first-order valence-electron chi connectivity index (χ1n) is 8.75. The fourth-order valence-electron chi connectivity index (χ4n) is 3.45. The number of likely N-dealkylation sites (N-methyl/N-ethyl adjacent to an activating group) is 1. The summed E-state index contributed by atoms with van der Waals surface area (Å²) in [6, 6.07) is 0.664. The van der Waals surface area contributed by atoms with Crippen LogP contribution < -0.4 is 4.90 Å². The third-order valence-electron chi connectivity index (χ3n) is 4.96. The molecule has 6 nitrogen and oxygen atoms in total. The van der Waals surface area contributed by atoms with E-state index in [1.165, 1.54) is 45.4 Å². The zero-order chi connectivity index (χ0) is 16.1. The van der Waals surface area contributed by atoms with E-state index in [1.807, 2.05) is 0 Å². The smallest absolute Gasteiger partial charge is 0.205 e. The number of anilines is 1. The summed E-state index contributed by atoms with van der Waals surface area (Å²) in [6.07, 6.45) is 4.71. The molecule has 130 valence electrons. The second-order valence-corrected chi connectivity index (χ2v) is 7.40. The molecule has 0 bridgehead atoms. The Kier molecular flexibility index (Phi) is 6.21. The monoisotopic (exact) mass is 339 g/mol. The quantitative estimate of drug-likeness (QED) is 0.806. The molecule has 2 aliphatic rings. The van der Waals surface area contributed by atoms with E-state index in [0.29, 0.717) is 12.6 Å². The van der Waals surface area contributed by atoms with E-state index in [-0.39, 0.29) is 0 Å². The second-order valence-electron chi connectivity index (χ2n) is 6.67. The summed E-state index contributed by atoms with van der Waals surface area (Å²) in [4.78, 5) is 12.3. The molecule has 3 rings (SSSR count). The highest BCUT2D eigenvalue weighted by Gasteiger charge is 2.27. The molecular weight excluding hydrogens is 310 g/mol. The minimum absolute atomic E-state index is 0.664. The molecule has 1 unspecified atom stereocenters. The van der Waals surface area contributed by atoms with Crippen molar-refractivity contribution in [3.8, 4) is 0 Å². The second kappa shape index (κ2) is 8.37. The van der Waals surface area contributed by atoms with Gasteiger partial charge in [-0.1, -0.05) is 6.42 Å². The summed E-state index contributed by atoms with van der Waals surface area (Å²) in [5, 5.41) is 1.09. The van der Waals surface area contributed by atoms with Crippen molar-refractivity contribution in [2.75, 3.05) is 64.9 Å². The van der Waals surface area contributed by atoms with Crippen molar-refractivity contribution in [2.24, 2.45) is 0 Å². The zero-order valence-electron chi connectivity index (χ0n) is 14.4. The van der Waals surface area contributed by atoms with Crippen LogP contribution in [0.25, 0.3) is 0 Å². The van der Waals surface area contributed by atoms with Crippen LogP contribution in [0, 0.1) is 0 Å². The van der Waals surface area contributed by atoms with E-state index in [2.05, 4.69) is 26.1 Å². The van der Waals surface area contributed by atoms with Gasteiger partial charge in [-0.3, -0.25) is 4.90 Å². The minimum atomic E-state index is 0.664. The molecule has 1 atom stereocenters. The summed E-state index contributed by atoms with van der Waals surface area (Å²) >= 11 is 1.55. The largest absolute Gasteiger partial charge is 0.384 e. The third kappa shape index (κ3) is 4.62. The molecule has 0 N–H and O–H groups in total. The molecule has 0 amide bonds. The maximum atomic E-state index is 5.13. The van der Waals surface area contributed by atoms with Crippen molar-refractivity contribution in [1.29, 1.82) is 0 Å². The van der Waals surface area contributed by atoms with Crippen LogP contribution in [0.1, 0.15) is 25.1 Å². The van der Waals surface area contributed by atoms with E-state index in [1.54, 1.807) is 18.6 Å². The van der Waals surface area contributed by atoms with Crippen molar-refractivity contribution in [1.82, 2.24) is 19.2 Å². The highest BCUT2D eigenvalue weighted by molar-refractivity contribution is 7.09. The lowest BCUT2D eigenvalue weighted by molar-refractivity contribution is 0.110. The van der Waals surface area contributed by atoms with Crippen LogP contribution in [0.2, 0.25) is 0 Å². The molecule has 2 fully saturated rings. The lowest BCUT2D eigenvalue weighted by Gasteiger charge is -2.39. The number of piperazine rings is 1. The summed E-state index contributed by atoms with van der Waals surface area (Å²) < 4.78 is 9.62. The third-order valence-corrected chi connectivity index (χ3v) is 5.77. The lowest BCUT2D eigenvalue weighted by atomic mass is 10.1. The highest BCUT2D eigenvalue weighted by Crippen LogP contribution is 2.24. The van der Waals surface area contributed by atoms with Crippen LogP contribution in [0.5, 0.6) is 0 Å². The van der Waals surface area contributed by atoms with Gasteiger partial charge in [0.2, 0.25) is 5.13 Å². The van der Waals surface area contributed by atoms with Gasteiger partial charge in [0, 0.05) is 70.4 Å². The summed E-state index contributed by atoms with van der Waals surface area (Å²) in [5.41, 5.74) is 0. The first-order chi connectivity index (χ1) is 11.3. The molecule has 7 heteroatoms. The Morgan fingerprint density at radius 3 is 2.78 bits per heavy atom. The first-order valence-corrected chi connectivity index (χ1v) is 9.52. The van der Waals surface area contributed by atoms with Gasteiger partial charge in [-0.15, -0.1) is 0 Å². The molecule has 23 heavy (non-hydrogen) atoms. The average Bonchev–Trinajstić information content (AvgIpc) is 2.90. The van der Waals surface area contributed by atoms with Crippen molar-refractivity contribution in [3.63, 3.8) is 0 Å². The minimum Gasteiger partial charge on any atom is -0.384 e. The average molecular weight is 340 g/mol. The molecule has 1 aromatic rings. The Labute approximate surface area is 143 Å². The van der Waals surface area contributed by atoms with Crippen LogP contribution >= 0.6 is 11.5 Å². The van der Waals surface area contributed by atoms with Crippen LogP contribution in [0.4, 0.5) is 5.13 Å². The van der Waals surface area contributed by atoms with Gasteiger partial charge in [-0.25, -0.2) is 4.98 Å². The Balaban J connectivity index is 1.61. The number of ether oxygens (including phenoxy) is 1. The maximum absolute atomic E-state index is 5.13. The number of nitrogens with zero attached hydrogens (tertiary/aromatic N) is 5. The molecule has 0 saturated carbocycles. The Bertz CT molecular complexity index is 475. The zero-order valence-corrected chi connectivity index (χ0v) is 15.2. The molecular formula is C16H29N5OS. The summed E-state index contributed by atoms with van der Waals surface area (Å²) in [7, 11) is 3.95. The number of methoxy groups -OCH3 is 1. The topological polar surface area (TPSA) is 44.7 Å². The van der Waals surface area contributed by atoms with Gasteiger partial charge in [0.1, 0.15) is 5.82 Å². The lowest BCUT2D eigenvalue weighted by Crippen LogP contribution is -2.51. The maximum Gasteiger partial charge on any atom is 0.205 e. The van der Waals surface area contributed by atoms with Crippen LogP contribution in [-0.2, 0) is 11.2 Å². The van der Waals surface area contributed by atoms with Crippen molar-refractivity contribution in [2.45, 2.75) is 31.7 Å². The fraction of sp³-hybridized carbons (Fsp3) is 0.875. The van der Waals surface area contributed by atoms with Gasteiger partial charge in [0.15, 0.2) is 0 Å². The SMILES string of the molecule is COCCc1nsc(N2CCCCC(N3CCN(C)CC3)C2)n1. The highest BCUT2D eigenvalue weighted by atomic mass is 32.1. The predicted octanol–water partition coefficient (Wildman–Crippen LogP) is 1.33. The molecule has 2 saturated heterocycles. The van der Waals surface area contributed by atoms with Gasteiger partial charge >= 0.3 is 0 Å². The van der Waals surface area contributed by atoms with Gasteiger partial charge in [-0.05, 0) is 19.9 Å². The van der Waals surface area contributed by atoms with Crippen LogP contribution in [0.3, 0.4) is 0 Å². The summed E-state index contributed by atoms with van der Waals surface area (Å²) in [5.74, 6) is 0.923. The Morgan fingerprint density at radius 2 is 2.00 bits per heavy atom. The molecule has 0 aromatic carbocycles. The molecule has 0 radical (unpaired) electrons. The van der Waals surface area contributed by atoms with Gasteiger partial charge in [-0.2, -0.15) is 4.37 Å². The standard InChI is InChI=1S/C16H29N5OS/c1-19-8-10-20(11-9-19)14-5-3-4-7-21(13-14)16-17-15(18-23-16)6-12-22-2/h14H,3-13H2,1-2H3. The molecule has 1 aromatic heterocycles. The van der Waals surface area contributed by atoms with Crippen molar-refractivity contribution < 1.29 is 4.74 Å². The van der Waals surface area contributed by atoms with E-state index in [9.17, 15) is 0 Å². The summed E-state index contributed by atoms with van der Waals surface area (Å²) in [6.45, 7) is 7.69. The molecule has 3 heterocycles. The van der Waals surface area contributed by atoms with Crippen molar-refractivity contribution in [3.05, 3.63) is 5.82 Å². The fourth-order valence-corrected chi connectivity index (χ4v) is 4.19. The first kappa shape index (κ1) is 17.1. The number of hydrogen-bond acceptors (Lipinski definition) is 7. The number of rotatable bonds is 5. The van der Waals surface area contributed by atoms with E-state index >= 15 is 0 Å². The van der Waals surface area contributed by atoms with Gasteiger partial charge in [0.05, 0.1) is 6.61 Å². The normalized spacial score (nSPS) is 24.8. The van der Waals surface area contributed by atoms with Crippen molar-refractivity contribution >= 4 is 16.7 Å². The van der Waals surface area contributed by atoms with Gasteiger partial charge in [0.25, 0.3) is 0 Å². The van der Waals surface area contributed by atoms with E-state index < -0.39 is 0 Å². The van der Waals surface area contributed by atoms with E-state index in [4.69, 9.17) is 9.72 Å². The van der Waals surface area contributed by atoms with Crippen LogP contribution in [-0.4, -0.2) is 85.2 Å². The molecule has 2 aliphatic heterocycles. The van der Waals surface area contributed by atoms with E-state index in [0.717, 1.165) is 30.5 Å². The van der Waals surface area contributed by atoms with Crippen LogP contribution in [0.15, 0.2) is 0 Å². The molecule has 0 aliphatic carbocycles. The molecule has 0 spiro atoms. The van der Waals surface area contributed by atoms with Gasteiger partial charge < -0.3 is 14.5 Å². The Morgan fingerprint density at radius 1 is 1.17 bits per heavy atom. The number of hydrogen-bond donors (Lipinski definition) is 0.